The van der Waals surface area contributed by atoms with Crippen molar-refractivity contribution < 1.29 is 9.53 Å². The summed E-state index contributed by atoms with van der Waals surface area (Å²) in [5, 5.41) is 0. The largest absolute Gasteiger partial charge is 0.484 e. The van der Waals surface area contributed by atoms with Gasteiger partial charge < -0.3 is 10.5 Å². The summed E-state index contributed by atoms with van der Waals surface area (Å²) in [6.45, 7) is 5.35. The van der Waals surface area contributed by atoms with E-state index in [1.807, 2.05) is 13.8 Å². The van der Waals surface area contributed by atoms with E-state index < -0.39 is 0 Å². The van der Waals surface area contributed by atoms with Crippen molar-refractivity contribution in [3.63, 3.8) is 0 Å². The van der Waals surface area contributed by atoms with E-state index in [1.165, 1.54) is 6.92 Å². The lowest BCUT2D eigenvalue weighted by Gasteiger charge is -2.33. The molecule has 0 saturated heterocycles. The Hall–Kier alpha value is -0.830. The monoisotopic (exact) mass is 169 g/mol. The molecule has 0 aromatic carbocycles. The summed E-state index contributed by atoms with van der Waals surface area (Å²) < 4.78 is 5.44. The molecule has 1 aliphatic heterocycles. The third-order valence-electron chi connectivity index (χ3n) is 1.83. The molecule has 3 nitrogen and oxygen atoms in total. The van der Waals surface area contributed by atoms with Gasteiger partial charge in [0.1, 0.15) is 5.60 Å². The van der Waals surface area contributed by atoms with Gasteiger partial charge in [-0.05, 0) is 19.9 Å². The highest BCUT2D eigenvalue weighted by atomic mass is 16.5. The summed E-state index contributed by atoms with van der Waals surface area (Å²) in [6.07, 6.45) is 2.44. The molecule has 0 aromatic rings. The van der Waals surface area contributed by atoms with E-state index in [2.05, 4.69) is 0 Å². The average Bonchev–Trinajstić information content (AvgIpc) is 1.82. The highest BCUT2D eigenvalue weighted by Crippen LogP contribution is 2.25. The maximum atomic E-state index is 11.0. The fourth-order valence-corrected chi connectivity index (χ4v) is 1.38. The second kappa shape index (κ2) is 2.90. The van der Waals surface area contributed by atoms with Gasteiger partial charge >= 0.3 is 0 Å². The Morgan fingerprint density at radius 3 is 2.75 bits per heavy atom. The minimum atomic E-state index is -0.310. The number of nitrogens with two attached hydrogens (primary N) is 1. The average molecular weight is 169 g/mol. The van der Waals surface area contributed by atoms with Crippen molar-refractivity contribution in [2.24, 2.45) is 5.73 Å². The van der Waals surface area contributed by atoms with Crippen molar-refractivity contribution >= 4 is 5.78 Å². The Morgan fingerprint density at radius 1 is 1.75 bits per heavy atom. The summed E-state index contributed by atoms with van der Waals surface area (Å²) in [7, 11) is 0. The van der Waals surface area contributed by atoms with Gasteiger partial charge in [0, 0.05) is 19.4 Å². The summed E-state index contributed by atoms with van der Waals surface area (Å²) in [5.41, 5.74) is 5.42. The molecule has 3 heteroatoms. The Morgan fingerprint density at radius 2 is 2.33 bits per heavy atom. The lowest BCUT2D eigenvalue weighted by molar-refractivity contribution is -0.120. The number of hydrogen-bond acceptors (Lipinski definition) is 3. The van der Waals surface area contributed by atoms with Crippen LogP contribution in [0.4, 0.5) is 0 Å². The van der Waals surface area contributed by atoms with Gasteiger partial charge in [-0.3, -0.25) is 4.79 Å². The quantitative estimate of drug-likeness (QED) is 0.636. The van der Waals surface area contributed by atoms with Crippen molar-refractivity contribution in [2.75, 3.05) is 0 Å². The van der Waals surface area contributed by atoms with Crippen LogP contribution in [0, 0.1) is 0 Å². The first kappa shape index (κ1) is 9.26. The molecule has 1 heterocycles. The number of ketones is 1. The molecule has 0 radical (unpaired) electrons. The van der Waals surface area contributed by atoms with Gasteiger partial charge in [-0.25, -0.2) is 0 Å². The van der Waals surface area contributed by atoms with Crippen LogP contribution in [0.5, 0.6) is 0 Å². The molecule has 2 N–H and O–H groups in total. The van der Waals surface area contributed by atoms with Gasteiger partial charge in [-0.2, -0.15) is 0 Å². The standard InChI is InChI=1S/C9H15NO2/c1-6(11)8-4-7(10)5-9(2,3)12-8/h4,7H,5,10H2,1-3H3. The summed E-state index contributed by atoms with van der Waals surface area (Å²) in [5.74, 6) is 0.344. The normalized spacial score (nSPS) is 27.3. The topological polar surface area (TPSA) is 52.3 Å². The van der Waals surface area contributed by atoms with Crippen LogP contribution in [-0.4, -0.2) is 17.4 Å². The molecule has 12 heavy (non-hydrogen) atoms. The van der Waals surface area contributed by atoms with E-state index in [0.717, 1.165) is 6.42 Å². The van der Waals surface area contributed by atoms with Crippen LogP contribution in [0.25, 0.3) is 0 Å². The van der Waals surface area contributed by atoms with Crippen LogP contribution in [0.2, 0.25) is 0 Å². The fourth-order valence-electron chi connectivity index (χ4n) is 1.38. The second-order valence-electron chi connectivity index (χ2n) is 3.82. The molecule has 0 aliphatic carbocycles. The molecule has 1 rings (SSSR count). The molecule has 1 atom stereocenters. The number of allylic oxidation sites excluding steroid dienone is 1. The SMILES string of the molecule is CC(=O)C1=CC(N)CC(C)(C)O1. The Balaban J connectivity index is 2.83. The molecule has 1 aliphatic rings. The second-order valence-corrected chi connectivity index (χ2v) is 3.82. The van der Waals surface area contributed by atoms with E-state index in [1.54, 1.807) is 6.08 Å². The Bertz CT molecular complexity index is 231. The third-order valence-corrected chi connectivity index (χ3v) is 1.83. The summed E-state index contributed by atoms with van der Waals surface area (Å²) in [4.78, 5) is 11.0. The van der Waals surface area contributed by atoms with Crippen molar-refractivity contribution in [1.29, 1.82) is 0 Å². The molecule has 0 aromatic heterocycles. The third kappa shape index (κ3) is 2.08. The molecule has 0 amide bonds. The summed E-state index contributed by atoms with van der Waals surface area (Å²) in [6, 6.07) is -0.0624. The van der Waals surface area contributed by atoms with Crippen LogP contribution in [-0.2, 0) is 9.53 Å². The first-order chi connectivity index (χ1) is 5.41. The van der Waals surface area contributed by atoms with Crippen molar-refractivity contribution in [3.8, 4) is 0 Å². The van der Waals surface area contributed by atoms with E-state index in [0.29, 0.717) is 5.76 Å². The van der Waals surface area contributed by atoms with Crippen LogP contribution in [0.3, 0.4) is 0 Å². The van der Waals surface area contributed by atoms with Crippen LogP contribution < -0.4 is 5.73 Å². The molecule has 68 valence electrons. The van der Waals surface area contributed by atoms with E-state index in [9.17, 15) is 4.79 Å². The van der Waals surface area contributed by atoms with Crippen LogP contribution in [0.1, 0.15) is 27.2 Å². The minimum absolute atomic E-state index is 0.0572. The highest BCUT2D eigenvalue weighted by Gasteiger charge is 2.29. The Kier molecular flexibility index (Phi) is 2.24. The maximum absolute atomic E-state index is 11.0. The van der Waals surface area contributed by atoms with Crippen molar-refractivity contribution in [3.05, 3.63) is 11.8 Å². The number of ether oxygens (including phenoxy) is 1. The number of Topliss-reactive ketones (excluding diaryl/α,β-unsaturated/α-hetero) is 1. The fraction of sp³-hybridized carbons (Fsp3) is 0.667. The molecule has 0 bridgehead atoms. The zero-order chi connectivity index (χ0) is 9.35. The molecule has 0 fully saturated rings. The van der Waals surface area contributed by atoms with Gasteiger partial charge in [0.2, 0.25) is 0 Å². The van der Waals surface area contributed by atoms with Crippen LogP contribution >= 0.6 is 0 Å². The van der Waals surface area contributed by atoms with Gasteiger partial charge in [0.15, 0.2) is 11.5 Å². The van der Waals surface area contributed by atoms with Crippen LogP contribution in [0.15, 0.2) is 11.8 Å². The maximum Gasteiger partial charge on any atom is 0.194 e. The van der Waals surface area contributed by atoms with Crippen molar-refractivity contribution in [1.82, 2.24) is 0 Å². The predicted octanol–water partition coefficient (Wildman–Crippen LogP) is 0.986. The minimum Gasteiger partial charge on any atom is -0.484 e. The van der Waals surface area contributed by atoms with Gasteiger partial charge in [-0.15, -0.1) is 0 Å². The predicted molar refractivity (Wildman–Crippen MR) is 46.5 cm³/mol. The zero-order valence-electron chi connectivity index (χ0n) is 7.76. The van der Waals surface area contributed by atoms with E-state index >= 15 is 0 Å². The van der Waals surface area contributed by atoms with Gasteiger partial charge in [-0.1, -0.05) is 0 Å². The smallest absolute Gasteiger partial charge is 0.194 e. The van der Waals surface area contributed by atoms with Gasteiger partial charge in [0.05, 0.1) is 0 Å². The Labute approximate surface area is 72.6 Å². The highest BCUT2D eigenvalue weighted by molar-refractivity contribution is 5.91. The first-order valence-corrected chi connectivity index (χ1v) is 4.08. The molecule has 0 saturated carbocycles. The molecule has 1 unspecified atom stereocenters. The van der Waals surface area contributed by atoms with E-state index in [4.69, 9.17) is 10.5 Å². The number of rotatable bonds is 1. The zero-order valence-corrected chi connectivity index (χ0v) is 7.76. The van der Waals surface area contributed by atoms with Gasteiger partial charge in [0.25, 0.3) is 0 Å². The molecule has 0 spiro atoms. The lowest BCUT2D eigenvalue weighted by atomic mass is 9.95. The number of hydrogen-bond donors (Lipinski definition) is 1. The van der Waals surface area contributed by atoms with Crippen molar-refractivity contribution in [2.45, 2.75) is 38.8 Å². The number of carbonyl (C=O) groups is 1. The molecular weight excluding hydrogens is 154 g/mol. The van der Waals surface area contributed by atoms with E-state index in [-0.39, 0.29) is 17.4 Å². The summed E-state index contributed by atoms with van der Waals surface area (Å²) >= 11 is 0. The lowest BCUT2D eigenvalue weighted by Crippen LogP contribution is -2.38. The number of carbonyl (C=O) groups excluding carboxylic acids is 1. The molecular formula is C9H15NO2. The first-order valence-electron chi connectivity index (χ1n) is 4.08.